The van der Waals surface area contributed by atoms with Gasteiger partial charge < -0.3 is 25.0 Å². The summed E-state index contributed by atoms with van der Waals surface area (Å²) in [6, 6.07) is 4.96. The molecule has 0 bridgehead atoms. The number of thiazole rings is 1. The van der Waals surface area contributed by atoms with Crippen molar-refractivity contribution in [3.8, 4) is 0 Å². The lowest BCUT2D eigenvalue weighted by Gasteiger charge is -2.44. The molecule has 1 unspecified atom stereocenters. The van der Waals surface area contributed by atoms with E-state index in [0.29, 0.717) is 62.5 Å². The first-order valence-electron chi connectivity index (χ1n) is 17.0. The number of amides is 2. The lowest BCUT2D eigenvalue weighted by Crippen LogP contribution is -2.53. The fourth-order valence-electron chi connectivity index (χ4n) is 7.43. The van der Waals surface area contributed by atoms with Gasteiger partial charge in [0.2, 0.25) is 11.8 Å². The molecule has 2 N–H and O–H groups in total. The lowest BCUT2D eigenvalue weighted by molar-refractivity contribution is -0.137. The van der Waals surface area contributed by atoms with Crippen molar-refractivity contribution < 1.29 is 28.7 Å². The minimum absolute atomic E-state index is 0.0127. The molecule has 11 nitrogen and oxygen atoms in total. The molecular weight excluding hydrogens is 701 g/mol. The molecule has 1 aromatic heterocycles. The number of methoxy groups -OCH3 is 2. The molecule has 3 aliphatic rings. The molecule has 1 atom stereocenters. The maximum absolute atomic E-state index is 14.0. The Morgan fingerprint density at radius 1 is 0.960 bits per heavy atom. The topological polar surface area (TPSA) is 130 Å². The Balaban J connectivity index is 1.42. The van der Waals surface area contributed by atoms with Crippen molar-refractivity contribution >= 4 is 58.3 Å². The highest BCUT2D eigenvalue weighted by atomic mass is 35.5. The smallest absolute Gasteiger partial charge is 0.336 e. The largest absolute Gasteiger partial charge is 0.466 e. The zero-order chi connectivity index (χ0) is 35.8. The van der Waals surface area contributed by atoms with E-state index in [4.69, 9.17) is 32.7 Å². The van der Waals surface area contributed by atoms with Crippen LogP contribution in [0.1, 0.15) is 68.4 Å². The fraction of sp³-hybridized carbons (Fsp3) is 0.528. The SMILES string of the molecule is COC(=O)C1=C(CCc2nccs2)NC(CC(=O)N2CCN(CC3(CNC(C)=O)CCCCC3)CC2)=C(C(=O)OC)C1c1c(Cl)cccc1Cl. The minimum atomic E-state index is -1.06. The average molecular weight is 747 g/mol. The summed E-state index contributed by atoms with van der Waals surface area (Å²) in [4.78, 5) is 61.6. The highest BCUT2D eigenvalue weighted by Gasteiger charge is 2.42. The van der Waals surface area contributed by atoms with Crippen molar-refractivity contribution in [3.05, 3.63) is 72.9 Å². The van der Waals surface area contributed by atoms with E-state index in [-0.39, 0.29) is 44.8 Å². The summed E-state index contributed by atoms with van der Waals surface area (Å²) >= 11 is 15.0. The van der Waals surface area contributed by atoms with Crippen molar-refractivity contribution in [3.63, 3.8) is 0 Å². The molecule has 2 aliphatic heterocycles. The van der Waals surface area contributed by atoms with Crippen LogP contribution in [0.4, 0.5) is 0 Å². The predicted molar refractivity (Wildman–Crippen MR) is 193 cm³/mol. The summed E-state index contributed by atoms with van der Waals surface area (Å²) in [5.41, 5.74) is 1.44. The summed E-state index contributed by atoms with van der Waals surface area (Å²) in [5.74, 6) is -2.61. The third-order valence-corrected chi connectivity index (χ3v) is 11.4. The Morgan fingerprint density at radius 3 is 2.18 bits per heavy atom. The summed E-state index contributed by atoms with van der Waals surface area (Å²) in [7, 11) is 2.53. The number of hydrogen-bond acceptors (Lipinski definition) is 10. The van der Waals surface area contributed by atoms with Crippen LogP contribution in [-0.4, -0.2) is 92.0 Å². The van der Waals surface area contributed by atoms with E-state index < -0.39 is 17.9 Å². The second-order valence-electron chi connectivity index (χ2n) is 13.2. The van der Waals surface area contributed by atoms with Crippen LogP contribution in [0.3, 0.4) is 0 Å². The van der Waals surface area contributed by atoms with Crippen LogP contribution < -0.4 is 10.6 Å². The number of rotatable bonds is 12. The van der Waals surface area contributed by atoms with Crippen molar-refractivity contribution in [1.29, 1.82) is 0 Å². The quantitative estimate of drug-likeness (QED) is 0.280. The summed E-state index contributed by atoms with van der Waals surface area (Å²) in [6.45, 7) is 5.55. The number of allylic oxidation sites excluding steroid dienone is 1. The number of ether oxygens (including phenoxy) is 2. The van der Waals surface area contributed by atoms with Gasteiger partial charge in [-0.25, -0.2) is 14.6 Å². The maximum Gasteiger partial charge on any atom is 0.336 e. The second-order valence-corrected chi connectivity index (χ2v) is 15.0. The van der Waals surface area contributed by atoms with Gasteiger partial charge in [-0.05, 0) is 31.4 Å². The number of piperazine rings is 1. The number of nitrogens with zero attached hydrogens (tertiary/aromatic N) is 3. The van der Waals surface area contributed by atoms with Crippen LogP contribution in [0.25, 0.3) is 0 Å². The maximum atomic E-state index is 14.0. The molecule has 1 saturated heterocycles. The summed E-state index contributed by atoms with van der Waals surface area (Å²) in [6.07, 6.45) is 8.11. The molecule has 2 aromatic rings. The lowest BCUT2D eigenvalue weighted by atomic mass is 9.73. The third kappa shape index (κ3) is 8.88. The van der Waals surface area contributed by atoms with Crippen molar-refractivity contribution in [2.75, 3.05) is 53.5 Å². The van der Waals surface area contributed by atoms with Gasteiger partial charge in [-0.15, -0.1) is 11.3 Å². The van der Waals surface area contributed by atoms with E-state index in [2.05, 4.69) is 20.5 Å². The van der Waals surface area contributed by atoms with E-state index in [0.717, 1.165) is 37.2 Å². The molecule has 3 heterocycles. The molecule has 50 heavy (non-hydrogen) atoms. The van der Waals surface area contributed by atoms with Crippen LogP contribution in [0.5, 0.6) is 0 Å². The Labute approximate surface area is 307 Å². The van der Waals surface area contributed by atoms with Gasteiger partial charge in [0.05, 0.1) is 42.7 Å². The van der Waals surface area contributed by atoms with Gasteiger partial charge in [0.15, 0.2) is 0 Å². The van der Waals surface area contributed by atoms with Crippen LogP contribution in [0.2, 0.25) is 10.0 Å². The Hall–Kier alpha value is -3.45. The fourth-order valence-corrected chi connectivity index (χ4v) is 8.67. The van der Waals surface area contributed by atoms with E-state index in [1.165, 1.54) is 32.0 Å². The molecular formula is C36H45Cl2N5O6S. The van der Waals surface area contributed by atoms with Crippen LogP contribution >= 0.6 is 34.5 Å². The van der Waals surface area contributed by atoms with Crippen LogP contribution in [-0.2, 0) is 35.1 Å². The number of aromatic nitrogens is 1. The Morgan fingerprint density at radius 2 is 1.60 bits per heavy atom. The number of carbonyl (C=O) groups is 4. The Bertz CT molecular complexity index is 1610. The summed E-state index contributed by atoms with van der Waals surface area (Å²) < 4.78 is 10.5. The van der Waals surface area contributed by atoms with Crippen molar-refractivity contribution in [2.45, 2.75) is 64.2 Å². The van der Waals surface area contributed by atoms with Gasteiger partial charge in [-0.1, -0.05) is 48.5 Å². The van der Waals surface area contributed by atoms with Crippen LogP contribution in [0, 0.1) is 5.41 Å². The van der Waals surface area contributed by atoms with E-state index in [9.17, 15) is 19.2 Å². The predicted octanol–water partition coefficient (Wildman–Crippen LogP) is 5.24. The molecule has 0 radical (unpaired) electrons. The number of halogens is 2. The monoisotopic (exact) mass is 745 g/mol. The van der Waals surface area contributed by atoms with Crippen LogP contribution in [0.15, 0.2) is 52.3 Å². The highest BCUT2D eigenvalue weighted by molar-refractivity contribution is 7.09. The van der Waals surface area contributed by atoms with Gasteiger partial charge in [-0.3, -0.25) is 14.5 Å². The third-order valence-electron chi connectivity index (χ3n) is 9.94. The zero-order valence-corrected chi connectivity index (χ0v) is 31.1. The molecule has 2 fully saturated rings. The molecule has 0 spiro atoms. The first-order chi connectivity index (χ1) is 24.1. The molecule has 1 aliphatic carbocycles. The number of carbonyl (C=O) groups excluding carboxylic acids is 4. The standard InChI is InChI=1S/C36H45Cl2N5O6S/c1-23(44)40-21-36(12-5-4-6-13-36)22-42-15-17-43(18-16-42)29(45)20-27-32(35(47)49-3)33(30-24(37)8-7-9-25(30)38)31(34(46)48-2)26(41-27)10-11-28-39-14-19-50-28/h7-9,14,19,33,41H,4-6,10-13,15-18,20-22H2,1-3H3,(H,40,44). The van der Waals surface area contributed by atoms with Gasteiger partial charge in [0.25, 0.3) is 0 Å². The van der Waals surface area contributed by atoms with Crippen molar-refractivity contribution in [1.82, 2.24) is 25.4 Å². The minimum Gasteiger partial charge on any atom is -0.466 e. The molecule has 5 rings (SSSR count). The molecule has 270 valence electrons. The normalized spacial score (nSPS) is 19.5. The van der Waals surface area contributed by atoms with E-state index >= 15 is 0 Å². The molecule has 2 amide bonds. The number of nitrogens with one attached hydrogen (secondary N) is 2. The van der Waals surface area contributed by atoms with Gasteiger partial charge >= 0.3 is 11.9 Å². The first-order valence-corrected chi connectivity index (χ1v) is 18.7. The second kappa shape index (κ2) is 17.2. The highest BCUT2D eigenvalue weighted by Crippen LogP contribution is 2.46. The van der Waals surface area contributed by atoms with Gasteiger partial charge in [0, 0.05) is 96.6 Å². The molecule has 1 saturated carbocycles. The summed E-state index contributed by atoms with van der Waals surface area (Å²) in [5, 5.41) is 9.61. The molecule has 14 heteroatoms. The average Bonchev–Trinajstić information content (AvgIpc) is 3.64. The van der Waals surface area contributed by atoms with E-state index in [1.54, 1.807) is 31.3 Å². The Kier molecular flexibility index (Phi) is 13.0. The number of esters is 2. The van der Waals surface area contributed by atoms with Gasteiger partial charge in [-0.2, -0.15) is 0 Å². The number of aryl methyl sites for hydroxylation is 1. The van der Waals surface area contributed by atoms with Gasteiger partial charge in [0.1, 0.15) is 0 Å². The van der Waals surface area contributed by atoms with Crippen molar-refractivity contribution in [2.24, 2.45) is 5.41 Å². The van der Waals surface area contributed by atoms with E-state index in [1.807, 2.05) is 10.3 Å². The molecule has 1 aromatic carbocycles. The first kappa shape index (κ1) is 37.8. The number of benzene rings is 1. The number of hydrogen-bond donors (Lipinski definition) is 2. The zero-order valence-electron chi connectivity index (χ0n) is 28.8. The number of dihydropyridines is 1.